The van der Waals surface area contributed by atoms with Crippen LogP contribution in [0.25, 0.3) is 0 Å². The topological polar surface area (TPSA) is 97.6 Å². The highest BCUT2D eigenvalue weighted by Crippen LogP contribution is 2.32. The summed E-state index contributed by atoms with van der Waals surface area (Å²) >= 11 is 3.96. The fourth-order valence-electron chi connectivity index (χ4n) is 1.82. The molecule has 1 aromatic rings. The Balaban J connectivity index is 2.50. The van der Waals surface area contributed by atoms with Gasteiger partial charge in [-0.2, -0.15) is 12.6 Å². The Morgan fingerprint density at radius 3 is 2.63 bits per heavy atom. The summed E-state index contributed by atoms with van der Waals surface area (Å²) in [7, 11) is -3.88. The molecule has 19 heavy (non-hydrogen) atoms. The molecule has 0 N–H and O–H groups in total. The Morgan fingerprint density at radius 2 is 2.05 bits per heavy atom. The lowest BCUT2D eigenvalue weighted by Crippen LogP contribution is -2.31. The molecule has 9 heteroatoms. The second-order valence-electron chi connectivity index (χ2n) is 3.90. The van der Waals surface area contributed by atoms with Crippen LogP contribution in [0.1, 0.15) is 16.8 Å². The summed E-state index contributed by atoms with van der Waals surface area (Å²) in [4.78, 5) is 21.8. The molecule has 1 aliphatic rings. The number of thiol groups is 1. The predicted octanol–water partition coefficient (Wildman–Crippen LogP) is 1.06. The third-order valence-electron chi connectivity index (χ3n) is 2.72. The number of non-ortho nitro benzene ring substituents is 1. The van der Waals surface area contributed by atoms with Gasteiger partial charge in [-0.3, -0.25) is 14.9 Å². The zero-order valence-electron chi connectivity index (χ0n) is 9.64. The summed E-state index contributed by atoms with van der Waals surface area (Å²) in [6.07, 6.45) is 0.421. The Kier molecular flexibility index (Phi) is 3.50. The van der Waals surface area contributed by atoms with Crippen molar-refractivity contribution < 1.29 is 18.1 Å². The normalized spacial score (nSPS) is 16.5. The summed E-state index contributed by atoms with van der Waals surface area (Å²) in [5.74, 6) is -0.282. The Labute approximate surface area is 114 Å². The van der Waals surface area contributed by atoms with Gasteiger partial charge in [-0.05, 0) is 18.2 Å². The van der Waals surface area contributed by atoms with Gasteiger partial charge in [0.05, 0.1) is 10.5 Å². The smallest absolute Gasteiger partial charge is 0.268 e. The first-order valence-corrected chi connectivity index (χ1v) is 7.43. The summed E-state index contributed by atoms with van der Waals surface area (Å²) in [6, 6.07) is 3.17. The number of hydrogen-bond acceptors (Lipinski definition) is 6. The van der Waals surface area contributed by atoms with Crippen molar-refractivity contribution in [1.29, 1.82) is 0 Å². The van der Waals surface area contributed by atoms with Crippen molar-refractivity contribution >= 4 is 34.2 Å². The van der Waals surface area contributed by atoms with Crippen LogP contribution < -0.4 is 0 Å². The van der Waals surface area contributed by atoms with E-state index in [0.717, 1.165) is 22.5 Å². The van der Waals surface area contributed by atoms with Crippen molar-refractivity contribution in [2.45, 2.75) is 11.3 Å². The van der Waals surface area contributed by atoms with Crippen LogP contribution in [0.4, 0.5) is 5.69 Å². The van der Waals surface area contributed by atoms with E-state index in [1.165, 1.54) is 0 Å². The molecule has 1 aliphatic heterocycles. The van der Waals surface area contributed by atoms with Crippen LogP contribution in [0.5, 0.6) is 0 Å². The number of carbonyl (C=O) groups is 1. The number of amides is 1. The monoisotopic (exact) mass is 302 g/mol. The molecule has 1 aromatic carbocycles. The molecule has 7 nitrogen and oxygen atoms in total. The number of nitro groups is 1. The molecule has 0 saturated heterocycles. The van der Waals surface area contributed by atoms with E-state index in [9.17, 15) is 23.3 Å². The zero-order valence-corrected chi connectivity index (χ0v) is 11.4. The SMILES string of the molecule is O=C1c2cc([N+](=O)[O-])ccc2S(=O)(=O)N1CCCS. The van der Waals surface area contributed by atoms with Crippen LogP contribution >= 0.6 is 12.6 Å². The minimum absolute atomic E-state index is 0.0210. The highest BCUT2D eigenvalue weighted by molar-refractivity contribution is 7.90. The molecule has 102 valence electrons. The van der Waals surface area contributed by atoms with Gasteiger partial charge in [0.25, 0.3) is 21.6 Å². The first-order valence-electron chi connectivity index (χ1n) is 5.36. The van der Waals surface area contributed by atoms with E-state index in [1.54, 1.807) is 0 Å². The lowest BCUT2D eigenvalue weighted by molar-refractivity contribution is -0.384. The van der Waals surface area contributed by atoms with Gasteiger partial charge in [-0.15, -0.1) is 0 Å². The summed E-state index contributed by atoms with van der Waals surface area (Å²) in [5.41, 5.74) is -0.452. The Hall–Kier alpha value is -1.61. The highest BCUT2D eigenvalue weighted by Gasteiger charge is 2.41. The number of carbonyl (C=O) groups excluding carboxylic acids is 1. The lowest BCUT2D eigenvalue weighted by Gasteiger charge is -2.13. The standard InChI is InChI=1S/C10H10N2O5S2/c13-10-8-6-7(12(14)15)2-3-9(8)19(16,17)11(10)4-1-5-18/h2-3,6,18H,1,4-5H2. The van der Waals surface area contributed by atoms with E-state index in [1.807, 2.05) is 0 Å². The van der Waals surface area contributed by atoms with Crippen LogP contribution in [-0.2, 0) is 10.0 Å². The summed E-state index contributed by atoms with van der Waals surface area (Å²) in [5, 5.41) is 10.6. The van der Waals surface area contributed by atoms with Gasteiger partial charge in [0.1, 0.15) is 4.90 Å². The number of fused-ring (bicyclic) bond motifs is 1. The number of sulfonamides is 1. The molecule has 0 atom stereocenters. The third kappa shape index (κ3) is 2.19. The minimum atomic E-state index is -3.88. The number of nitro benzene ring substituents is 1. The van der Waals surface area contributed by atoms with Crippen molar-refractivity contribution in [3.8, 4) is 0 Å². The quantitative estimate of drug-likeness (QED) is 0.509. The van der Waals surface area contributed by atoms with Gasteiger partial charge < -0.3 is 0 Å². The molecule has 0 aromatic heterocycles. The number of nitrogens with zero attached hydrogens (tertiary/aromatic N) is 2. The van der Waals surface area contributed by atoms with E-state index in [-0.39, 0.29) is 22.7 Å². The molecule has 0 aliphatic carbocycles. The maximum atomic E-state index is 12.1. The van der Waals surface area contributed by atoms with Crippen molar-refractivity contribution in [3.63, 3.8) is 0 Å². The number of benzene rings is 1. The molecular weight excluding hydrogens is 292 g/mol. The molecule has 0 bridgehead atoms. The van der Waals surface area contributed by atoms with E-state index < -0.39 is 20.9 Å². The third-order valence-corrected chi connectivity index (χ3v) is 4.87. The number of rotatable bonds is 4. The molecule has 0 fully saturated rings. The molecule has 0 radical (unpaired) electrons. The Bertz CT molecular complexity index is 656. The van der Waals surface area contributed by atoms with Crippen LogP contribution in [0.2, 0.25) is 0 Å². The van der Waals surface area contributed by atoms with Crippen molar-refractivity contribution in [3.05, 3.63) is 33.9 Å². The zero-order chi connectivity index (χ0) is 14.2. The fourth-order valence-corrected chi connectivity index (χ4v) is 3.55. The number of hydrogen-bond donors (Lipinski definition) is 1. The van der Waals surface area contributed by atoms with Crippen molar-refractivity contribution in [2.24, 2.45) is 0 Å². The van der Waals surface area contributed by atoms with Crippen LogP contribution in [0.15, 0.2) is 23.1 Å². The molecule has 2 rings (SSSR count). The Morgan fingerprint density at radius 1 is 1.37 bits per heavy atom. The van der Waals surface area contributed by atoms with Gasteiger partial charge in [0, 0.05) is 18.7 Å². The van der Waals surface area contributed by atoms with Crippen molar-refractivity contribution in [2.75, 3.05) is 12.3 Å². The maximum Gasteiger partial charge on any atom is 0.270 e. The van der Waals surface area contributed by atoms with Gasteiger partial charge in [-0.1, -0.05) is 0 Å². The summed E-state index contributed by atoms with van der Waals surface area (Å²) < 4.78 is 24.9. The average Bonchev–Trinajstić information content (AvgIpc) is 2.55. The second-order valence-corrected chi connectivity index (χ2v) is 6.18. The van der Waals surface area contributed by atoms with E-state index in [0.29, 0.717) is 12.2 Å². The molecule has 1 amide bonds. The molecular formula is C10H10N2O5S2. The highest BCUT2D eigenvalue weighted by atomic mass is 32.2. The molecule has 1 heterocycles. The van der Waals surface area contributed by atoms with Gasteiger partial charge in [-0.25, -0.2) is 12.7 Å². The summed E-state index contributed by atoms with van der Waals surface area (Å²) in [6.45, 7) is 0.0210. The predicted molar refractivity (Wildman–Crippen MR) is 69.8 cm³/mol. The van der Waals surface area contributed by atoms with Gasteiger partial charge >= 0.3 is 0 Å². The molecule has 0 unspecified atom stereocenters. The van der Waals surface area contributed by atoms with Crippen LogP contribution in [-0.4, -0.2) is 35.9 Å². The second kappa shape index (κ2) is 4.82. The largest absolute Gasteiger partial charge is 0.270 e. The minimum Gasteiger partial charge on any atom is -0.268 e. The van der Waals surface area contributed by atoms with E-state index in [4.69, 9.17) is 0 Å². The average molecular weight is 302 g/mol. The molecule has 0 spiro atoms. The maximum absolute atomic E-state index is 12.1. The first-order chi connectivity index (χ1) is 8.89. The fraction of sp³-hybridized carbons (Fsp3) is 0.300. The van der Waals surface area contributed by atoms with Gasteiger partial charge in [0.15, 0.2) is 0 Å². The first kappa shape index (κ1) is 13.8. The van der Waals surface area contributed by atoms with Crippen LogP contribution in [0, 0.1) is 10.1 Å². The van der Waals surface area contributed by atoms with E-state index >= 15 is 0 Å². The van der Waals surface area contributed by atoms with Crippen LogP contribution in [0.3, 0.4) is 0 Å². The van der Waals surface area contributed by atoms with Gasteiger partial charge in [0.2, 0.25) is 0 Å². The van der Waals surface area contributed by atoms with Crippen molar-refractivity contribution in [1.82, 2.24) is 4.31 Å². The molecule has 0 saturated carbocycles. The lowest BCUT2D eigenvalue weighted by atomic mass is 10.2. The van der Waals surface area contributed by atoms with E-state index in [2.05, 4.69) is 12.6 Å².